The fourth-order valence-corrected chi connectivity index (χ4v) is 3.60. The van der Waals surface area contributed by atoms with Gasteiger partial charge in [0, 0.05) is 12.0 Å². The maximum absolute atomic E-state index is 10.4. The first-order valence-electron chi connectivity index (χ1n) is 7.54. The summed E-state index contributed by atoms with van der Waals surface area (Å²) >= 11 is 0. The Balaban J connectivity index is 2.41. The van der Waals surface area contributed by atoms with Gasteiger partial charge in [-0.15, -0.1) is 0 Å². The van der Waals surface area contributed by atoms with Crippen molar-refractivity contribution in [2.24, 2.45) is 17.3 Å². The molecule has 0 bridgehead atoms. The van der Waals surface area contributed by atoms with Crippen LogP contribution in [-0.2, 0) is 0 Å². The average Bonchev–Trinajstić information content (AvgIpc) is 2.31. The van der Waals surface area contributed by atoms with Crippen molar-refractivity contribution in [2.75, 3.05) is 0 Å². The van der Waals surface area contributed by atoms with Crippen LogP contribution in [0.25, 0.3) is 0 Å². The predicted octanol–water partition coefficient (Wildman–Crippen LogP) is 5.02. The average molecular weight is 261 g/mol. The van der Waals surface area contributed by atoms with E-state index >= 15 is 0 Å². The van der Waals surface area contributed by atoms with Crippen molar-refractivity contribution < 1.29 is 5.11 Å². The maximum Gasteiger partial charge on any atom is 0.140 e. The summed E-state index contributed by atoms with van der Waals surface area (Å²) in [5.41, 5.74) is 2.62. The van der Waals surface area contributed by atoms with Crippen LogP contribution in [0.3, 0.4) is 0 Å². The molecule has 0 amide bonds. The fraction of sp³-hybridized carbons (Fsp3) is 0.706. The summed E-state index contributed by atoms with van der Waals surface area (Å²) in [6, 6.07) is 0. The lowest BCUT2D eigenvalue weighted by atomic mass is 9.67. The van der Waals surface area contributed by atoms with E-state index in [9.17, 15) is 5.11 Å². The monoisotopic (exact) mass is 261 g/mol. The molecule has 2 rings (SSSR count). The zero-order chi connectivity index (χ0) is 14.2. The first kappa shape index (κ1) is 14.4. The minimum absolute atomic E-state index is 0.0974. The quantitative estimate of drug-likeness (QED) is 0.683. The summed E-state index contributed by atoms with van der Waals surface area (Å²) < 4.78 is 0. The third-order valence-corrected chi connectivity index (χ3v) is 4.60. The summed E-state index contributed by atoms with van der Waals surface area (Å²) in [5, 5.41) is 18.3. The number of hydrogen-bond acceptors (Lipinski definition) is 2. The number of rotatable bonds is 1. The molecule has 0 aromatic rings. The van der Waals surface area contributed by atoms with Crippen molar-refractivity contribution >= 4 is 5.71 Å². The van der Waals surface area contributed by atoms with E-state index in [4.69, 9.17) is 5.41 Å². The Morgan fingerprint density at radius 1 is 1.21 bits per heavy atom. The minimum atomic E-state index is -0.0974. The van der Waals surface area contributed by atoms with Gasteiger partial charge in [-0.3, -0.25) is 0 Å². The van der Waals surface area contributed by atoms with Crippen LogP contribution in [0, 0.1) is 22.7 Å². The Bertz CT molecular complexity index is 437. The summed E-state index contributed by atoms with van der Waals surface area (Å²) in [5.74, 6) is 1.50. The van der Waals surface area contributed by atoms with Gasteiger partial charge in [-0.1, -0.05) is 53.0 Å². The molecule has 0 aromatic heterocycles. The summed E-state index contributed by atoms with van der Waals surface area (Å²) in [6.07, 6.45) is 7.94. The minimum Gasteiger partial charge on any atom is -0.506 e. The van der Waals surface area contributed by atoms with Crippen LogP contribution in [0.5, 0.6) is 0 Å². The predicted molar refractivity (Wildman–Crippen MR) is 80.7 cm³/mol. The Morgan fingerprint density at radius 3 is 2.42 bits per heavy atom. The number of allylic oxidation sites excluding steroid dienone is 4. The van der Waals surface area contributed by atoms with E-state index in [2.05, 4.69) is 33.8 Å². The van der Waals surface area contributed by atoms with Crippen molar-refractivity contribution in [3.8, 4) is 0 Å². The van der Waals surface area contributed by atoms with Gasteiger partial charge in [-0.25, -0.2) is 0 Å². The molecule has 0 saturated heterocycles. The van der Waals surface area contributed by atoms with Crippen LogP contribution in [-0.4, -0.2) is 10.8 Å². The van der Waals surface area contributed by atoms with E-state index in [1.807, 2.05) is 0 Å². The third kappa shape index (κ3) is 2.77. The molecule has 1 fully saturated rings. The lowest BCUT2D eigenvalue weighted by Gasteiger charge is -2.38. The third-order valence-electron chi connectivity index (χ3n) is 4.60. The van der Waals surface area contributed by atoms with E-state index < -0.39 is 0 Å². The zero-order valence-corrected chi connectivity index (χ0v) is 12.7. The molecule has 19 heavy (non-hydrogen) atoms. The van der Waals surface area contributed by atoms with Gasteiger partial charge in [0.25, 0.3) is 0 Å². The molecule has 2 aliphatic rings. The molecular weight excluding hydrogens is 234 g/mol. The van der Waals surface area contributed by atoms with Crippen LogP contribution in [0.15, 0.2) is 23.0 Å². The number of aliphatic hydroxyl groups excluding tert-OH is 1. The standard InChI is InChI=1S/C17H27NO/c1-11-7-5-6-8-12(11)13-9-10-14(18)16(19)15(13)17(2,3)4/h9,11-12,18-19H,5-8,10H2,1-4H3. The Hall–Kier alpha value is -1.05. The fourth-order valence-electron chi connectivity index (χ4n) is 3.60. The van der Waals surface area contributed by atoms with Crippen molar-refractivity contribution in [2.45, 2.75) is 59.8 Å². The molecule has 0 radical (unpaired) electrons. The van der Waals surface area contributed by atoms with Gasteiger partial charge in [0.05, 0.1) is 5.71 Å². The zero-order valence-electron chi connectivity index (χ0n) is 12.7. The number of hydrogen-bond donors (Lipinski definition) is 2. The molecule has 2 nitrogen and oxygen atoms in total. The van der Waals surface area contributed by atoms with Crippen molar-refractivity contribution in [1.29, 1.82) is 5.41 Å². The number of nitrogens with one attached hydrogen (secondary N) is 1. The highest BCUT2D eigenvalue weighted by Gasteiger charge is 2.35. The molecule has 2 unspecified atom stereocenters. The Labute approximate surface area is 117 Å². The van der Waals surface area contributed by atoms with E-state index in [1.165, 1.54) is 31.3 Å². The Morgan fingerprint density at radius 2 is 1.84 bits per heavy atom. The molecule has 0 aromatic carbocycles. The molecule has 0 spiro atoms. The second-order valence-corrected chi connectivity index (χ2v) is 7.18. The molecule has 2 N–H and O–H groups in total. The normalized spacial score (nSPS) is 29.5. The first-order valence-corrected chi connectivity index (χ1v) is 7.54. The van der Waals surface area contributed by atoms with Gasteiger partial charge in [0.15, 0.2) is 0 Å². The van der Waals surface area contributed by atoms with Gasteiger partial charge in [-0.2, -0.15) is 0 Å². The smallest absolute Gasteiger partial charge is 0.140 e. The van der Waals surface area contributed by atoms with Crippen molar-refractivity contribution in [3.63, 3.8) is 0 Å². The van der Waals surface area contributed by atoms with Crippen LogP contribution in [0.4, 0.5) is 0 Å². The van der Waals surface area contributed by atoms with Crippen LogP contribution < -0.4 is 0 Å². The van der Waals surface area contributed by atoms with E-state index in [1.54, 1.807) is 0 Å². The summed E-state index contributed by atoms with van der Waals surface area (Å²) in [4.78, 5) is 0. The van der Waals surface area contributed by atoms with Crippen molar-refractivity contribution in [3.05, 3.63) is 23.0 Å². The molecule has 0 heterocycles. The SMILES string of the molecule is CC1CCCCC1C1=CCC(=N)C(O)=C1C(C)(C)C. The lowest BCUT2D eigenvalue weighted by Crippen LogP contribution is -2.28. The van der Waals surface area contributed by atoms with Gasteiger partial charge in [-0.05, 0) is 29.2 Å². The second-order valence-electron chi connectivity index (χ2n) is 7.18. The van der Waals surface area contributed by atoms with Crippen LogP contribution in [0.1, 0.15) is 59.8 Å². The highest BCUT2D eigenvalue weighted by atomic mass is 16.3. The highest BCUT2D eigenvalue weighted by molar-refractivity contribution is 5.99. The lowest BCUT2D eigenvalue weighted by molar-refractivity contribution is 0.284. The molecule has 0 aliphatic heterocycles. The summed E-state index contributed by atoms with van der Waals surface area (Å²) in [7, 11) is 0. The van der Waals surface area contributed by atoms with Crippen molar-refractivity contribution in [1.82, 2.24) is 0 Å². The van der Waals surface area contributed by atoms with Gasteiger partial charge in [0.2, 0.25) is 0 Å². The van der Waals surface area contributed by atoms with E-state index in [0.29, 0.717) is 24.0 Å². The molecule has 1 saturated carbocycles. The van der Waals surface area contributed by atoms with E-state index in [-0.39, 0.29) is 11.2 Å². The van der Waals surface area contributed by atoms with Gasteiger partial charge < -0.3 is 10.5 Å². The molecular formula is C17H27NO. The van der Waals surface area contributed by atoms with Gasteiger partial charge in [0.1, 0.15) is 5.76 Å². The van der Waals surface area contributed by atoms with Crippen LogP contribution >= 0.6 is 0 Å². The topological polar surface area (TPSA) is 44.1 Å². The van der Waals surface area contributed by atoms with Gasteiger partial charge >= 0.3 is 0 Å². The van der Waals surface area contributed by atoms with Crippen LogP contribution in [0.2, 0.25) is 0 Å². The molecule has 2 atom stereocenters. The number of aliphatic hydroxyl groups is 1. The second kappa shape index (κ2) is 5.15. The molecule has 106 valence electrons. The molecule has 2 heteroatoms. The summed E-state index contributed by atoms with van der Waals surface area (Å²) in [6.45, 7) is 8.75. The maximum atomic E-state index is 10.4. The highest BCUT2D eigenvalue weighted by Crippen LogP contribution is 2.45. The van der Waals surface area contributed by atoms with E-state index in [0.717, 1.165) is 5.57 Å². The molecule has 2 aliphatic carbocycles. The Kier molecular flexibility index (Phi) is 3.89. The first-order chi connectivity index (χ1) is 8.82. The largest absolute Gasteiger partial charge is 0.506 e.